The lowest BCUT2D eigenvalue weighted by atomic mass is 10.2. The maximum absolute atomic E-state index is 13.4. The fraction of sp³-hybridized carbons (Fsp3) is 0. The molecule has 0 heterocycles. The Bertz CT molecular complexity index is 600. The Morgan fingerprint density at radius 3 is 2.61 bits per heavy atom. The van der Waals surface area contributed by atoms with Gasteiger partial charge >= 0.3 is 0 Å². The van der Waals surface area contributed by atoms with Crippen molar-refractivity contribution >= 4 is 22.2 Å². The fourth-order valence-electron chi connectivity index (χ4n) is 1.36. The maximum atomic E-state index is 13.4. The Balaban J connectivity index is 2.31. The van der Waals surface area contributed by atoms with Crippen molar-refractivity contribution in [2.24, 2.45) is 0 Å². The van der Waals surface area contributed by atoms with E-state index in [0.29, 0.717) is 22.1 Å². The summed E-state index contributed by atoms with van der Waals surface area (Å²) in [5, 5.41) is 0. The van der Waals surface area contributed by atoms with Crippen LogP contribution in [0.2, 0.25) is 0 Å². The molecular formula is C13H7BrF2O2. The van der Waals surface area contributed by atoms with Crippen LogP contribution in [-0.2, 0) is 0 Å². The van der Waals surface area contributed by atoms with Crippen molar-refractivity contribution in [3.63, 3.8) is 0 Å². The number of carbonyl (C=O) groups is 1. The molecular weight excluding hydrogens is 306 g/mol. The van der Waals surface area contributed by atoms with Crippen molar-refractivity contribution in [3.8, 4) is 11.5 Å². The molecule has 0 unspecified atom stereocenters. The zero-order valence-electron chi connectivity index (χ0n) is 8.99. The Morgan fingerprint density at radius 2 is 1.94 bits per heavy atom. The summed E-state index contributed by atoms with van der Waals surface area (Å²) in [5.74, 6) is -1.93. The predicted octanol–water partition coefficient (Wildman–Crippen LogP) is 4.33. The summed E-state index contributed by atoms with van der Waals surface area (Å²) in [6.45, 7) is 0. The molecule has 0 saturated heterocycles. The Kier molecular flexibility index (Phi) is 3.72. The first kappa shape index (κ1) is 12.7. The fourth-order valence-corrected chi connectivity index (χ4v) is 1.81. The van der Waals surface area contributed by atoms with Crippen LogP contribution < -0.4 is 4.74 Å². The molecule has 2 aromatic rings. The van der Waals surface area contributed by atoms with Crippen molar-refractivity contribution < 1.29 is 18.3 Å². The molecule has 0 bridgehead atoms. The van der Waals surface area contributed by atoms with E-state index in [1.807, 2.05) is 0 Å². The van der Waals surface area contributed by atoms with Gasteiger partial charge in [-0.05, 0) is 46.3 Å². The molecule has 18 heavy (non-hydrogen) atoms. The SMILES string of the molecule is O=Cc1ccc(Oc2cccc(F)c2F)cc1Br. The predicted molar refractivity (Wildman–Crippen MR) is 66.0 cm³/mol. The van der Waals surface area contributed by atoms with Crippen LogP contribution in [0, 0.1) is 11.6 Å². The minimum absolute atomic E-state index is 0.208. The zero-order chi connectivity index (χ0) is 13.1. The molecule has 2 aromatic carbocycles. The van der Waals surface area contributed by atoms with Gasteiger partial charge in [-0.25, -0.2) is 4.39 Å². The van der Waals surface area contributed by atoms with Crippen LogP contribution in [0.5, 0.6) is 11.5 Å². The van der Waals surface area contributed by atoms with Gasteiger partial charge in [-0.3, -0.25) is 4.79 Å². The number of carbonyl (C=O) groups excluding carboxylic acids is 1. The van der Waals surface area contributed by atoms with Gasteiger partial charge in [-0.15, -0.1) is 0 Å². The van der Waals surface area contributed by atoms with E-state index in [-0.39, 0.29) is 5.75 Å². The lowest BCUT2D eigenvalue weighted by Crippen LogP contribution is -1.92. The van der Waals surface area contributed by atoms with Crippen molar-refractivity contribution in [1.29, 1.82) is 0 Å². The average Bonchev–Trinajstić information content (AvgIpc) is 2.35. The Hall–Kier alpha value is -1.75. The number of halogens is 3. The van der Waals surface area contributed by atoms with E-state index < -0.39 is 11.6 Å². The second-order valence-electron chi connectivity index (χ2n) is 3.46. The number of ether oxygens (including phenoxy) is 1. The van der Waals surface area contributed by atoms with Gasteiger partial charge in [0, 0.05) is 10.0 Å². The van der Waals surface area contributed by atoms with Gasteiger partial charge < -0.3 is 4.74 Å². The topological polar surface area (TPSA) is 26.3 Å². The molecule has 0 atom stereocenters. The smallest absolute Gasteiger partial charge is 0.201 e. The van der Waals surface area contributed by atoms with Crippen LogP contribution >= 0.6 is 15.9 Å². The molecule has 0 fully saturated rings. The molecule has 0 spiro atoms. The number of benzene rings is 2. The standard InChI is InChI=1S/C13H7BrF2O2/c14-10-6-9(5-4-8(10)7-17)18-12-3-1-2-11(15)13(12)16/h1-7H. The summed E-state index contributed by atoms with van der Waals surface area (Å²) < 4.78 is 32.1. The summed E-state index contributed by atoms with van der Waals surface area (Å²) in [7, 11) is 0. The van der Waals surface area contributed by atoms with Crippen molar-refractivity contribution in [2.45, 2.75) is 0 Å². The lowest BCUT2D eigenvalue weighted by Gasteiger charge is -2.08. The highest BCUT2D eigenvalue weighted by Crippen LogP contribution is 2.28. The first-order valence-electron chi connectivity index (χ1n) is 4.98. The Labute approximate surface area is 110 Å². The van der Waals surface area contributed by atoms with E-state index in [0.717, 1.165) is 6.07 Å². The van der Waals surface area contributed by atoms with Gasteiger partial charge in [0.2, 0.25) is 5.82 Å². The van der Waals surface area contributed by atoms with E-state index >= 15 is 0 Å². The molecule has 5 heteroatoms. The number of hydrogen-bond donors (Lipinski definition) is 0. The minimum Gasteiger partial charge on any atom is -0.454 e. The molecule has 0 radical (unpaired) electrons. The summed E-state index contributed by atoms with van der Waals surface area (Å²) in [6, 6.07) is 8.20. The molecule has 0 amide bonds. The first-order chi connectivity index (χ1) is 8.61. The first-order valence-corrected chi connectivity index (χ1v) is 5.77. The molecule has 0 aliphatic heterocycles. The van der Waals surface area contributed by atoms with E-state index in [4.69, 9.17) is 4.74 Å². The van der Waals surface area contributed by atoms with Crippen molar-refractivity contribution in [3.05, 3.63) is 58.1 Å². The summed E-state index contributed by atoms with van der Waals surface area (Å²) >= 11 is 3.17. The molecule has 0 aliphatic rings. The molecule has 0 aromatic heterocycles. The van der Waals surface area contributed by atoms with Crippen LogP contribution in [0.3, 0.4) is 0 Å². The number of hydrogen-bond acceptors (Lipinski definition) is 2. The monoisotopic (exact) mass is 312 g/mol. The van der Waals surface area contributed by atoms with Crippen molar-refractivity contribution in [1.82, 2.24) is 0 Å². The van der Waals surface area contributed by atoms with Crippen LogP contribution in [-0.4, -0.2) is 6.29 Å². The average molecular weight is 313 g/mol. The van der Waals surface area contributed by atoms with Crippen LogP contribution in [0.1, 0.15) is 10.4 Å². The molecule has 2 rings (SSSR count). The third-order valence-electron chi connectivity index (χ3n) is 2.24. The largest absolute Gasteiger partial charge is 0.454 e. The second kappa shape index (κ2) is 5.27. The van der Waals surface area contributed by atoms with E-state index in [9.17, 15) is 13.6 Å². The maximum Gasteiger partial charge on any atom is 0.201 e. The van der Waals surface area contributed by atoms with E-state index in [2.05, 4.69) is 15.9 Å². The highest BCUT2D eigenvalue weighted by molar-refractivity contribution is 9.10. The number of rotatable bonds is 3. The third kappa shape index (κ3) is 2.56. The summed E-state index contributed by atoms with van der Waals surface area (Å²) in [5.41, 5.74) is 0.446. The van der Waals surface area contributed by atoms with Crippen LogP contribution in [0.15, 0.2) is 40.9 Å². The zero-order valence-corrected chi connectivity index (χ0v) is 10.6. The highest BCUT2D eigenvalue weighted by Gasteiger charge is 2.10. The van der Waals surface area contributed by atoms with E-state index in [1.165, 1.54) is 30.3 Å². The van der Waals surface area contributed by atoms with Gasteiger partial charge in [-0.1, -0.05) is 6.07 Å². The summed E-state index contributed by atoms with van der Waals surface area (Å²) in [6.07, 6.45) is 0.677. The number of aldehydes is 1. The van der Waals surface area contributed by atoms with Gasteiger partial charge in [0.15, 0.2) is 17.9 Å². The minimum atomic E-state index is -1.05. The van der Waals surface area contributed by atoms with E-state index in [1.54, 1.807) is 0 Å². The second-order valence-corrected chi connectivity index (χ2v) is 4.31. The van der Waals surface area contributed by atoms with Crippen LogP contribution in [0.4, 0.5) is 8.78 Å². The van der Waals surface area contributed by atoms with Gasteiger partial charge in [0.05, 0.1) is 0 Å². The lowest BCUT2D eigenvalue weighted by molar-refractivity contribution is 0.112. The normalized spacial score (nSPS) is 10.2. The summed E-state index contributed by atoms with van der Waals surface area (Å²) in [4.78, 5) is 10.6. The highest BCUT2D eigenvalue weighted by atomic mass is 79.9. The van der Waals surface area contributed by atoms with Gasteiger partial charge in [-0.2, -0.15) is 4.39 Å². The third-order valence-corrected chi connectivity index (χ3v) is 2.93. The molecule has 92 valence electrons. The van der Waals surface area contributed by atoms with Gasteiger partial charge in [0.1, 0.15) is 5.75 Å². The van der Waals surface area contributed by atoms with Crippen molar-refractivity contribution in [2.75, 3.05) is 0 Å². The molecule has 0 saturated carbocycles. The Morgan fingerprint density at radius 1 is 1.17 bits per heavy atom. The molecule has 0 N–H and O–H groups in total. The van der Waals surface area contributed by atoms with Gasteiger partial charge in [0.25, 0.3) is 0 Å². The van der Waals surface area contributed by atoms with Crippen LogP contribution in [0.25, 0.3) is 0 Å². The quantitative estimate of drug-likeness (QED) is 0.788. The molecule has 2 nitrogen and oxygen atoms in total. The molecule has 0 aliphatic carbocycles.